The van der Waals surface area contributed by atoms with Crippen molar-refractivity contribution >= 4 is 5.97 Å². The number of methoxy groups -OCH3 is 1. The van der Waals surface area contributed by atoms with Gasteiger partial charge in [-0.3, -0.25) is 4.79 Å². The molecule has 0 heterocycles. The number of ether oxygens (including phenoxy) is 1. The van der Waals surface area contributed by atoms with E-state index in [1.54, 1.807) is 0 Å². The summed E-state index contributed by atoms with van der Waals surface area (Å²) in [5.74, 6) is -0.118. The molecule has 5 nitrogen and oxygen atoms in total. The molecule has 1 saturated carbocycles. The first-order valence-electron chi connectivity index (χ1n) is 4.58. The molecular formula is C9H11N3O2. The molecule has 0 aliphatic heterocycles. The maximum absolute atomic E-state index is 11.4. The minimum atomic E-state index is -0.272. The molecule has 0 radical (unpaired) electrons. The summed E-state index contributed by atoms with van der Waals surface area (Å²) in [6, 6.07) is -0.248. The van der Waals surface area contributed by atoms with Gasteiger partial charge in [0.2, 0.25) is 0 Å². The Balaban J connectivity index is 2.26. The number of hydrogen-bond donors (Lipinski definition) is 0. The predicted molar refractivity (Wildman–Crippen MR) is 49.2 cm³/mol. The molecule has 0 spiro atoms. The molecule has 2 aliphatic carbocycles. The quantitative estimate of drug-likeness (QED) is 0.220. The smallest absolute Gasteiger partial charge is 0.309 e. The fraction of sp³-hybridized carbons (Fsp3) is 0.667. The molecule has 74 valence electrons. The Labute approximate surface area is 81.4 Å². The van der Waals surface area contributed by atoms with Crippen LogP contribution in [-0.4, -0.2) is 19.1 Å². The van der Waals surface area contributed by atoms with Crippen LogP contribution in [0.25, 0.3) is 10.4 Å². The Hall–Kier alpha value is -1.48. The van der Waals surface area contributed by atoms with E-state index in [1.165, 1.54) is 7.11 Å². The molecule has 2 aliphatic rings. The zero-order chi connectivity index (χ0) is 10.1. The van der Waals surface area contributed by atoms with Crippen molar-refractivity contribution < 1.29 is 9.53 Å². The average Bonchev–Trinajstić information content (AvgIpc) is 2.77. The highest BCUT2D eigenvalue weighted by molar-refractivity contribution is 5.75. The van der Waals surface area contributed by atoms with E-state index in [1.807, 2.05) is 12.2 Å². The second-order valence-corrected chi connectivity index (χ2v) is 3.69. The van der Waals surface area contributed by atoms with Gasteiger partial charge in [-0.15, -0.1) is 0 Å². The number of carbonyl (C=O) groups is 1. The number of hydrogen-bond acceptors (Lipinski definition) is 3. The van der Waals surface area contributed by atoms with Crippen LogP contribution in [0.5, 0.6) is 0 Å². The number of carbonyl (C=O) groups excluding carboxylic acids is 1. The molecule has 14 heavy (non-hydrogen) atoms. The van der Waals surface area contributed by atoms with Crippen molar-refractivity contribution in [2.45, 2.75) is 12.5 Å². The molecule has 0 amide bonds. The molecule has 1 fully saturated rings. The van der Waals surface area contributed by atoms with Gasteiger partial charge < -0.3 is 4.74 Å². The summed E-state index contributed by atoms with van der Waals surface area (Å²) in [6.45, 7) is 0. The highest BCUT2D eigenvalue weighted by atomic mass is 16.5. The first-order valence-corrected chi connectivity index (χ1v) is 4.58. The van der Waals surface area contributed by atoms with Crippen LogP contribution >= 0.6 is 0 Å². The summed E-state index contributed by atoms with van der Waals surface area (Å²) >= 11 is 0. The van der Waals surface area contributed by atoms with Crippen LogP contribution < -0.4 is 0 Å². The van der Waals surface area contributed by atoms with Crippen molar-refractivity contribution in [1.29, 1.82) is 0 Å². The fourth-order valence-electron chi connectivity index (χ4n) is 2.46. The van der Waals surface area contributed by atoms with E-state index >= 15 is 0 Å². The van der Waals surface area contributed by atoms with E-state index in [0.717, 1.165) is 6.42 Å². The van der Waals surface area contributed by atoms with Crippen LogP contribution in [0, 0.1) is 17.8 Å². The highest BCUT2D eigenvalue weighted by Gasteiger charge is 2.48. The average molecular weight is 193 g/mol. The van der Waals surface area contributed by atoms with Crippen LogP contribution in [0.4, 0.5) is 0 Å². The van der Waals surface area contributed by atoms with Crippen LogP contribution in [0.2, 0.25) is 0 Å². The van der Waals surface area contributed by atoms with E-state index < -0.39 is 0 Å². The SMILES string of the molecule is COC(=O)[C@H]1[C@@H](N=[N+]=[N-])[C@H]2C=C[C@@H]1C2. The number of rotatable bonds is 2. The Morgan fingerprint density at radius 1 is 1.57 bits per heavy atom. The Morgan fingerprint density at radius 3 is 2.93 bits per heavy atom. The lowest BCUT2D eigenvalue weighted by atomic mass is 9.89. The third kappa shape index (κ3) is 1.17. The maximum atomic E-state index is 11.4. The molecule has 4 atom stereocenters. The van der Waals surface area contributed by atoms with Gasteiger partial charge in [-0.1, -0.05) is 17.3 Å². The molecule has 0 unspecified atom stereocenters. The molecule has 5 heteroatoms. The second-order valence-electron chi connectivity index (χ2n) is 3.69. The molecule has 0 aromatic rings. The standard InChI is InChI=1S/C9H11N3O2/c1-14-9(13)7-5-2-3-6(4-5)8(7)11-12-10/h2-3,5-8H,4H2,1H3/t5-,6+,7-,8+/m1/s1. The second kappa shape index (κ2) is 3.35. The van der Waals surface area contributed by atoms with Crippen LogP contribution in [0.1, 0.15) is 6.42 Å². The third-order valence-corrected chi connectivity index (χ3v) is 3.08. The molecule has 2 bridgehead atoms. The van der Waals surface area contributed by atoms with Gasteiger partial charge in [-0.25, -0.2) is 0 Å². The van der Waals surface area contributed by atoms with Crippen molar-refractivity contribution in [2.75, 3.05) is 7.11 Å². The van der Waals surface area contributed by atoms with Gasteiger partial charge in [0.25, 0.3) is 0 Å². The van der Waals surface area contributed by atoms with E-state index in [0.29, 0.717) is 0 Å². The number of esters is 1. The molecule has 0 N–H and O–H groups in total. The van der Waals surface area contributed by atoms with Gasteiger partial charge in [0.1, 0.15) is 0 Å². The summed E-state index contributed by atoms with van der Waals surface area (Å²) in [5.41, 5.74) is 8.41. The summed E-state index contributed by atoms with van der Waals surface area (Å²) < 4.78 is 4.71. The minimum absolute atomic E-state index is 0.197. The van der Waals surface area contributed by atoms with Crippen LogP contribution in [0.15, 0.2) is 17.3 Å². The van der Waals surface area contributed by atoms with E-state index in [2.05, 4.69) is 10.0 Å². The molecule has 2 rings (SSSR count). The van der Waals surface area contributed by atoms with Crippen molar-refractivity contribution in [3.63, 3.8) is 0 Å². The van der Waals surface area contributed by atoms with Gasteiger partial charge in [0.05, 0.1) is 19.1 Å². The van der Waals surface area contributed by atoms with Gasteiger partial charge in [-0.2, -0.15) is 0 Å². The largest absolute Gasteiger partial charge is 0.469 e. The molecular weight excluding hydrogens is 182 g/mol. The minimum Gasteiger partial charge on any atom is -0.469 e. The number of fused-ring (bicyclic) bond motifs is 2. The van der Waals surface area contributed by atoms with Crippen molar-refractivity contribution in [3.05, 3.63) is 22.6 Å². The van der Waals surface area contributed by atoms with E-state index in [9.17, 15) is 4.79 Å². The topological polar surface area (TPSA) is 75.1 Å². The molecule has 0 aromatic heterocycles. The zero-order valence-electron chi connectivity index (χ0n) is 7.83. The number of nitrogens with zero attached hydrogens (tertiary/aromatic N) is 3. The first kappa shape index (κ1) is 9.09. The summed E-state index contributed by atoms with van der Waals surface area (Å²) in [5, 5.41) is 3.69. The van der Waals surface area contributed by atoms with Gasteiger partial charge in [-0.05, 0) is 23.8 Å². The van der Waals surface area contributed by atoms with Crippen LogP contribution in [-0.2, 0) is 9.53 Å². The highest BCUT2D eigenvalue weighted by Crippen LogP contribution is 2.45. The molecule has 0 aromatic carbocycles. The normalized spacial score (nSPS) is 38.1. The lowest BCUT2D eigenvalue weighted by molar-refractivity contribution is -0.146. The summed E-state index contributed by atoms with van der Waals surface area (Å²) in [4.78, 5) is 14.2. The predicted octanol–water partition coefficient (Wildman–Crippen LogP) is 1.66. The first-order chi connectivity index (χ1) is 6.77. The molecule has 0 saturated heterocycles. The summed E-state index contributed by atoms with van der Waals surface area (Å²) in [7, 11) is 1.37. The van der Waals surface area contributed by atoms with Crippen molar-refractivity contribution in [3.8, 4) is 0 Å². The monoisotopic (exact) mass is 193 g/mol. The fourth-order valence-corrected chi connectivity index (χ4v) is 2.46. The number of allylic oxidation sites excluding steroid dienone is 1. The summed E-state index contributed by atoms with van der Waals surface area (Å²) in [6.07, 6.45) is 4.96. The lowest BCUT2D eigenvalue weighted by Crippen LogP contribution is -2.31. The van der Waals surface area contributed by atoms with Gasteiger partial charge >= 0.3 is 5.97 Å². The van der Waals surface area contributed by atoms with E-state index in [-0.39, 0.29) is 29.8 Å². The lowest BCUT2D eigenvalue weighted by Gasteiger charge is -2.21. The van der Waals surface area contributed by atoms with E-state index in [4.69, 9.17) is 10.3 Å². The van der Waals surface area contributed by atoms with Crippen molar-refractivity contribution in [1.82, 2.24) is 0 Å². The maximum Gasteiger partial charge on any atom is 0.309 e. The van der Waals surface area contributed by atoms with Crippen molar-refractivity contribution in [2.24, 2.45) is 22.9 Å². The third-order valence-electron chi connectivity index (χ3n) is 3.08. The van der Waals surface area contributed by atoms with Gasteiger partial charge in [0.15, 0.2) is 0 Å². The number of azide groups is 1. The van der Waals surface area contributed by atoms with Gasteiger partial charge in [0, 0.05) is 4.91 Å². The van der Waals surface area contributed by atoms with Crippen LogP contribution in [0.3, 0.4) is 0 Å². The zero-order valence-corrected chi connectivity index (χ0v) is 7.83. The Kier molecular flexibility index (Phi) is 2.17. The Morgan fingerprint density at radius 2 is 2.29 bits per heavy atom. The Bertz CT molecular complexity index is 333.